The lowest BCUT2D eigenvalue weighted by molar-refractivity contribution is -0.154. The van der Waals surface area contributed by atoms with Crippen molar-refractivity contribution in [1.82, 2.24) is 0 Å². The average Bonchev–Trinajstić information content (AvgIpc) is 2.30. The molecule has 0 amide bonds. The van der Waals surface area contributed by atoms with Crippen molar-refractivity contribution in [3.63, 3.8) is 0 Å². The van der Waals surface area contributed by atoms with Crippen LogP contribution in [-0.2, 0) is 19.1 Å². The minimum Gasteiger partial charge on any atom is -0.462 e. The van der Waals surface area contributed by atoms with Crippen molar-refractivity contribution >= 4 is 11.9 Å². The lowest BCUT2D eigenvalue weighted by Crippen LogP contribution is -2.18. The predicted octanol–water partition coefficient (Wildman–Crippen LogP) is 2.56. The molecule has 0 aliphatic rings. The van der Waals surface area contributed by atoms with Crippen LogP contribution in [0.2, 0.25) is 0 Å². The van der Waals surface area contributed by atoms with Crippen molar-refractivity contribution in [1.29, 1.82) is 0 Å². The number of hydrogen-bond acceptors (Lipinski definition) is 4. The molecule has 0 aromatic rings. The molecule has 100 valence electrons. The fourth-order valence-corrected chi connectivity index (χ4v) is 1.09. The fraction of sp³-hybridized carbons (Fsp3) is 0.846. The molecule has 0 aliphatic carbocycles. The third kappa shape index (κ3) is 8.72. The Labute approximate surface area is 104 Å². The highest BCUT2D eigenvalue weighted by Crippen LogP contribution is 2.05. The summed E-state index contributed by atoms with van der Waals surface area (Å²) in [7, 11) is 0. The van der Waals surface area contributed by atoms with Gasteiger partial charge < -0.3 is 9.47 Å². The molecule has 17 heavy (non-hydrogen) atoms. The second-order valence-electron chi connectivity index (χ2n) is 4.63. The van der Waals surface area contributed by atoms with Crippen LogP contribution in [-0.4, -0.2) is 25.2 Å². The maximum absolute atomic E-state index is 11.3. The van der Waals surface area contributed by atoms with E-state index in [1.807, 2.05) is 13.8 Å². The maximum Gasteiger partial charge on any atom is 0.308 e. The molecule has 1 atom stereocenters. The first-order valence-corrected chi connectivity index (χ1v) is 6.29. The van der Waals surface area contributed by atoms with Crippen molar-refractivity contribution < 1.29 is 19.1 Å². The highest BCUT2D eigenvalue weighted by Gasteiger charge is 2.11. The molecule has 0 aromatic carbocycles. The smallest absolute Gasteiger partial charge is 0.308 e. The second-order valence-corrected chi connectivity index (χ2v) is 4.63. The van der Waals surface area contributed by atoms with E-state index >= 15 is 0 Å². The van der Waals surface area contributed by atoms with Crippen LogP contribution in [0.15, 0.2) is 0 Å². The summed E-state index contributed by atoms with van der Waals surface area (Å²) in [4.78, 5) is 22.5. The molecule has 0 N–H and O–H groups in total. The van der Waals surface area contributed by atoms with E-state index < -0.39 is 0 Å². The molecule has 4 nitrogen and oxygen atoms in total. The van der Waals surface area contributed by atoms with Crippen LogP contribution in [0.4, 0.5) is 0 Å². The molecule has 0 rings (SSSR count). The van der Waals surface area contributed by atoms with Gasteiger partial charge in [0.1, 0.15) is 13.2 Å². The van der Waals surface area contributed by atoms with Gasteiger partial charge in [0.15, 0.2) is 0 Å². The first kappa shape index (κ1) is 15.9. The Morgan fingerprint density at radius 1 is 1.06 bits per heavy atom. The summed E-state index contributed by atoms with van der Waals surface area (Å²) in [6.45, 7) is 8.16. The Morgan fingerprint density at radius 2 is 1.65 bits per heavy atom. The van der Waals surface area contributed by atoms with Crippen LogP contribution in [0.3, 0.4) is 0 Å². The van der Waals surface area contributed by atoms with Crippen molar-refractivity contribution in [2.75, 3.05) is 13.2 Å². The van der Waals surface area contributed by atoms with Crippen LogP contribution in [0.5, 0.6) is 0 Å². The molecule has 0 spiro atoms. The quantitative estimate of drug-likeness (QED) is 0.486. The van der Waals surface area contributed by atoms with Crippen molar-refractivity contribution in [2.45, 2.75) is 47.0 Å². The number of carbonyl (C=O) groups excluding carboxylic acids is 2. The lowest BCUT2D eigenvalue weighted by atomic mass is 10.1. The molecule has 0 bridgehead atoms. The summed E-state index contributed by atoms with van der Waals surface area (Å²) in [6, 6.07) is 0. The monoisotopic (exact) mass is 244 g/mol. The van der Waals surface area contributed by atoms with Crippen LogP contribution >= 0.6 is 0 Å². The molecular weight excluding hydrogens is 220 g/mol. The highest BCUT2D eigenvalue weighted by molar-refractivity contribution is 5.72. The Morgan fingerprint density at radius 3 is 2.18 bits per heavy atom. The molecule has 0 heterocycles. The number of rotatable bonds is 8. The molecule has 0 radical (unpaired) electrons. The number of hydrogen-bond donors (Lipinski definition) is 0. The van der Waals surface area contributed by atoms with Gasteiger partial charge in [-0.05, 0) is 18.8 Å². The fourth-order valence-electron chi connectivity index (χ4n) is 1.09. The number of ether oxygens (including phenoxy) is 2. The van der Waals surface area contributed by atoms with E-state index in [0.29, 0.717) is 12.3 Å². The molecule has 0 aromatic heterocycles. The Hall–Kier alpha value is -1.06. The third-order valence-corrected chi connectivity index (χ3v) is 2.53. The normalized spacial score (nSPS) is 12.3. The van der Waals surface area contributed by atoms with E-state index in [4.69, 9.17) is 9.47 Å². The van der Waals surface area contributed by atoms with E-state index in [0.717, 1.165) is 12.8 Å². The van der Waals surface area contributed by atoms with E-state index in [1.165, 1.54) is 0 Å². The number of esters is 2. The van der Waals surface area contributed by atoms with Gasteiger partial charge in [-0.25, -0.2) is 0 Å². The summed E-state index contributed by atoms with van der Waals surface area (Å²) in [5.74, 6) is -0.0542. The van der Waals surface area contributed by atoms with Crippen molar-refractivity contribution in [3.05, 3.63) is 0 Å². The Bertz CT molecular complexity index is 236. The van der Waals surface area contributed by atoms with E-state index in [1.54, 1.807) is 0 Å². The standard InChI is InChI=1S/C13H24O4/c1-5-11(4)13(15)17-9-8-16-12(14)7-6-10(2)3/h10-11H,5-9H2,1-4H3. The zero-order chi connectivity index (χ0) is 13.3. The van der Waals surface area contributed by atoms with Gasteiger partial charge in [-0.1, -0.05) is 27.7 Å². The van der Waals surface area contributed by atoms with Gasteiger partial charge in [0.25, 0.3) is 0 Å². The molecule has 0 saturated carbocycles. The van der Waals surface area contributed by atoms with Crippen molar-refractivity contribution in [2.24, 2.45) is 11.8 Å². The summed E-state index contributed by atoms with van der Waals surface area (Å²) in [6.07, 6.45) is 2.01. The SMILES string of the molecule is CCC(C)C(=O)OCCOC(=O)CCC(C)C. The molecule has 0 aliphatic heterocycles. The topological polar surface area (TPSA) is 52.6 Å². The molecule has 0 fully saturated rings. The number of carbonyl (C=O) groups is 2. The lowest BCUT2D eigenvalue weighted by Gasteiger charge is -2.10. The molecule has 1 unspecified atom stereocenters. The van der Waals surface area contributed by atoms with Gasteiger partial charge >= 0.3 is 11.9 Å². The van der Waals surface area contributed by atoms with Gasteiger partial charge in [0.05, 0.1) is 5.92 Å². The molecular formula is C13H24O4. The minimum absolute atomic E-state index is 0.0911. The van der Waals surface area contributed by atoms with E-state index in [9.17, 15) is 9.59 Å². The Kier molecular flexibility index (Phi) is 8.46. The van der Waals surface area contributed by atoms with Gasteiger partial charge in [-0.3, -0.25) is 9.59 Å². The zero-order valence-corrected chi connectivity index (χ0v) is 11.3. The maximum atomic E-state index is 11.3. The van der Waals surface area contributed by atoms with Crippen LogP contribution < -0.4 is 0 Å². The van der Waals surface area contributed by atoms with Crippen LogP contribution in [0.25, 0.3) is 0 Å². The molecule has 0 saturated heterocycles. The summed E-state index contributed by atoms with van der Waals surface area (Å²) >= 11 is 0. The van der Waals surface area contributed by atoms with Crippen LogP contribution in [0.1, 0.15) is 47.0 Å². The Balaban J connectivity index is 3.51. The average molecular weight is 244 g/mol. The first-order chi connectivity index (χ1) is 7.97. The third-order valence-electron chi connectivity index (χ3n) is 2.53. The van der Waals surface area contributed by atoms with Gasteiger partial charge in [0, 0.05) is 6.42 Å². The van der Waals surface area contributed by atoms with E-state index in [-0.39, 0.29) is 31.1 Å². The van der Waals surface area contributed by atoms with Crippen molar-refractivity contribution in [3.8, 4) is 0 Å². The minimum atomic E-state index is -0.231. The van der Waals surface area contributed by atoms with Crippen LogP contribution in [0, 0.1) is 11.8 Å². The van der Waals surface area contributed by atoms with Gasteiger partial charge in [0.2, 0.25) is 0 Å². The second kappa shape index (κ2) is 9.02. The van der Waals surface area contributed by atoms with E-state index in [2.05, 4.69) is 13.8 Å². The summed E-state index contributed by atoms with van der Waals surface area (Å²) < 4.78 is 9.89. The highest BCUT2D eigenvalue weighted by atomic mass is 16.6. The van der Waals surface area contributed by atoms with Gasteiger partial charge in [-0.15, -0.1) is 0 Å². The summed E-state index contributed by atoms with van der Waals surface area (Å²) in [5, 5.41) is 0. The zero-order valence-electron chi connectivity index (χ0n) is 11.3. The first-order valence-electron chi connectivity index (χ1n) is 6.29. The molecule has 4 heteroatoms. The largest absolute Gasteiger partial charge is 0.462 e. The summed E-state index contributed by atoms with van der Waals surface area (Å²) in [5.41, 5.74) is 0. The van der Waals surface area contributed by atoms with Gasteiger partial charge in [-0.2, -0.15) is 0 Å². The predicted molar refractivity (Wildman–Crippen MR) is 65.4 cm³/mol.